The topological polar surface area (TPSA) is 30.2 Å². The third kappa shape index (κ3) is 3.36. The number of aliphatic imine (C=N–C) groups is 1. The van der Waals surface area contributed by atoms with E-state index in [0.29, 0.717) is 11.5 Å². The molecule has 0 radical (unpaired) electrons. The molecule has 0 saturated carbocycles. The van der Waals surface area contributed by atoms with E-state index >= 15 is 0 Å². The Morgan fingerprint density at radius 1 is 1.42 bits per heavy atom. The van der Waals surface area contributed by atoms with E-state index in [1.165, 1.54) is 6.08 Å². The van der Waals surface area contributed by atoms with Crippen molar-refractivity contribution in [3.63, 3.8) is 0 Å². The van der Waals surface area contributed by atoms with E-state index in [2.05, 4.69) is 10.1 Å². The molecule has 0 aliphatic heterocycles. The number of halogens is 3. The van der Waals surface area contributed by atoms with Gasteiger partial charge in [-0.3, -0.25) is 4.68 Å². The SMILES string of the molecule is Cn1nc(C2(C)C=CC(C(F)(F)F)=CC2)cc1N=Cc1ccsc1. The molecule has 126 valence electrons. The molecule has 0 N–H and O–H groups in total. The molecule has 0 bridgehead atoms. The fraction of sp³-hybridized carbons (Fsp3) is 0.294. The number of rotatable bonds is 3. The van der Waals surface area contributed by atoms with Gasteiger partial charge in [-0.05, 0) is 23.2 Å². The number of aryl methyl sites for hydroxylation is 1. The second-order valence-corrected chi connectivity index (χ2v) is 6.72. The normalized spacial score (nSPS) is 21.5. The van der Waals surface area contributed by atoms with Crippen LogP contribution < -0.4 is 0 Å². The minimum absolute atomic E-state index is 0.253. The maximum absolute atomic E-state index is 12.7. The van der Waals surface area contributed by atoms with Crippen molar-refractivity contribution in [3.05, 3.63) is 58.0 Å². The van der Waals surface area contributed by atoms with Crippen LogP contribution in [0.2, 0.25) is 0 Å². The number of thiophene rings is 1. The molecule has 1 unspecified atom stereocenters. The summed E-state index contributed by atoms with van der Waals surface area (Å²) < 4.78 is 39.9. The van der Waals surface area contributed by atoms with Crippen LogP contribution >= 0.6 is 11.3 Å². The van der Waals surface area contributed by atoms with Crippen molar-refractivity contribution in [2.45, 2.75) is 24.9 Å². The first kappa shape index (κ1) is 16.7. The molecule has 3 nitrogen and oxygen atoms in total. The number of hydrogen-bond acceptors (Lipinski definition) is 3. The molecule has 2 heterocycles. The molecular formula is C17H16F3N3S. The zero-order valence-corrected chi connectivity index (χ0v) is 14.0. The van der Waals surface area contributed by atoms with Gasteiger partial charge >= 0.3 is 6.18 Å². The second kappa shape index (κ2) is 6.05. The van der Waals surface area contributed by atoms with Gasteiger partial charge in [-0.2, -0.15) is 29.6 Å². The van der Waals surface area contributed by atoms with E-state index in [0.717, 1.165) is 11.6 Å². The van der Waals surface area contributed by atoms with E-state index in [1.807, 2.05) is 29.8 Å². The summed E-state index contributed by atoms with van der Waals surface area (Å²) in [6.07, 6.45) is 1.62. The Bertz CT molecular complexity index is 813. The molecule has 0 fully saturated rings. The fourth-order valence-electron chi connectivity index (χ4n) is 2.48. The first-order valence-corrected chi connectivity index (χ1v) is 8.30. The lowest BCUT2D eigenvalue weighted by Gasteiger charge is -2.26. The van der Waals surface area contributed by atoms with Gasteiger partial charge in [-0.1, -0.05) is 25.2 Å². The Morgan fingerprint density at radius 2 is 2.21 bits per heavy atom. The van der Waals surface area contributed by atoms with E-state index < -0.39 is 17.2 Å². The van der Waals surface area contributed by atoms with Crippen molar-refractivity contribution in [2.75, 3.05) is 0 Å². The summed E-state index contributed by atoms with van der Waals surface area (Å²) in [4.78, 5) is 4.41. The molecule has 2 aromatic rings. The lowest BCUT2D eigenvalue weighted by Crippen LogP contribution is -2.24. The van der Waals surface area contributed by atoms with E-state index in [9.17, 15) is 13.2 Å². The lowest BCUT2D eigenvalue weighted by molar-refractivity contribution is -0.0887. The predicted octanol–water partition coefficient (Wildman–Crippen LogP) is 4.94. The summed E-state index contributed by atoms with van der Waals surface area (Å²) in [7, 11) is 1.77. The molecule has 1 aliphatic rings. The highest BCUT2D eigenvalue weighted by Gasteiger charge is 2.36. The molecule has 1 atom stereocenters. The van der Waals surface area contributed by atoms with Crippen LogP contribution in [0.5, 0.6) is 0 Å². The van der Waals surface area contributed by atoms with Crippen LogP contribution in [0.1, 0.15) is 24.6 Å². The summed E-state index contributed by atoms with van der Waals surface area (Å²) in [6, 6.07) is 3.78. The average Bonchev–Trinajstić information content (AvgIpc) is 3.14. The monoisotopic (exact) mass is 351 g/mol. The minimum atomic E-state index is -4.31. The molecule has 0 amide bonds. The Labute approximate surface area is 141 Å². The number of aromatic nitrogens is 2. The van der Waals surface area contributed by atoms with Crippen LogP contribution in [0.15, 0.2) is 51.7 Å². The van der Waals surface area contributed by atoms with Gasteiger partial charge in [0.1, 0.15) is 5.82 Å². The van der Waals surface area contributed by atoms with Gasteiger partial charge < -0.3 is 0 Å². The molecule has 7 heteroatoms. The van der Waals surface area contributed by atoms with E-state index in [1.54, 1.807) is 35.4 Å². The first-order chi connectivity index (χ1) is 11.3. The Morgan fingerprint density at radius 3 is 2.79 bits per heavy atom. The summed E-state index contributed by atoms with van der Waals surface area (Å²) in [5.41, 5.74) is 0.537. The number of nitrogens with zero attached hydrogens (tertiary/aromatic N) is 3. The summed E-state index contributed by atoms with van der Waals surface area (Å²) in [5, 5.41) is 8.39. The fourth-order valence-corrected chi connectivity index (χ4v) is 3.09. The summed E-state index contributed by atoms with van der Waals surface area (Å²) in [5.74, 6) is 0.663. The Kier molecular flexibility index (Phi) is 4.21. The zero-order valence-electron chi connectivity index (χ0n) is 13.2. The van der Waals surface area contributed by atoms with Crippen molar-refractivity contribution in [1.29, 1.82) is 0 Å². The molecule has 24 heavy (non-hydrogen) atoms. The lowest BCUT2D eigenvalue weighted by atomic mass is 9.79. The van der Waals surface area contributed by atoms with Crippen molar-refractivity contribution in [2.24, 2.45) is 12.0 Å². The van der Waals surface area contributed by atoms with Crippen LogP contribution in [0.25, 0.3) is 0 Å². The van der Waals surface area contributed by atoms with Crippen LogP contribution in [-0.2, 0) is 12.5 Å². The van der Waals surface area contributed by atoms with E-state index in [4.69, 9.17) is 0 Å². The Balaban J connectivity index is 1.83. The van der Waals surface area contributed by atoms with Crippen molar-refractivity contribution >= 4 is 23.4 Å². The summed E-state index contributed by atoms with van der Waals surface area (Å²) >= 11 is 1.59. The maximum Gasteiger partial charge on any atom is 0.416 e. The standard InChI is InChI=1S/C17H16F3N3S/c1-16(6-3-13(4-7-16)17(18,19)20)14-9-15(23(2)22-14)21-10-12-5-8-24-11-12/h3-6,8-11H,7H2,1-2H3. The molecule has 1 aliphatic carbocycles. The van der Waals surface area contributed by atoms with Crippen LogP contribution in [-0.4, -0.2) is 22.2 Å². The Hall–Kier alpha value is -2.15. The molecule has 0 saturated heterocycles. The highest BCUT2D eigenvalue weighted by atomic mass is 32.1. The third-order valence-corrected chi connectivity index (χ3v) is 4.73. The van der Waals surface area contributed by atoms with Gasteiger partial charge in [-0.25, -0.2) is 4.99 Å². The molecule has 2 aromatic heterocycles. The molecule has 0 aromatic carbocycles. The molecular weight excluding hydrogens is 335 g/mol. The largest absolute Gasteiger partial charge is 0.416 e. The first-order valence-electron chi connectivity index (χ1n) is 7.35. The minimum Gasteiger partial charge on any atom is -0.251 e. The van der Waals surface area contributed by atoms with Crippen LogP contribution in [0.3, 0.4) is 0 Å². The van der Waals surface area contributed by atoms with Gasteiger partial charge in [0.2, 0.25) is 0 Å². The average molecular weight is 351 g/mol. The van der Waals surface area contributed by atoms with E-state index in [-0.39, 0.29) is 6.42 Å². The van der Waals surface area contributed by atoms with Crippen molar-refractivity contribution in [3.8, 4) is 0 Å². The maximum atomic E-state index is 12.7. The van der Waals surface area contributed by atoms with Gasteiger partial charge in [0.05, 0.1) is 11.3 Å². The quantitative estimate of drug-likeness (QED) is 0.721. The predicted molar refractivity (Wildman–Crippen MR) is 90.0 cm³/mol. The molecule has 0 spiro atoms. The smallest absolute Gasteiger partial charge is 0.251 e. The van der Waals surface area contributed by atoms with Gasteiger partial charge in [0.15, 0.2) is 0 Å². The summed E-state index contributed by atoms with van der Waals surface area (Å²) in [6.45, 7) is 1.88. The van der Waals surface area contributed by atoms with Gasteiger partial charge in [0, 0.05) is 30.3 Å². The van der Waals surface area contributed by atoms with Crippen LogP contribution in [0.4, 0.5) is 19.0 Å². The van der Waals surface area contributed by atoms with Crippen LogP contribution in [0, 0.1) is 0 Å². The second-order valence-electron chi connectivity index (χ2n) is 5.94. The van der Waals surface area contributed by atoms with Gasteiger partial charge in [-0.15, -0.1) is 0 Å². The molecule has 3 rings (SSSR count). The van der Waals surface area contributed by atoms with Gasteiger partial charge in [0.25, 0.3) is 0 Å². The number of alkyl halides is 3. The van der Waals surface area contributed by atoms with Crippen molar-refractivity contribution in [1.82, 2.24) is 9.78 Å². The highest BCUT2D eigenvalue weighted by molar-refractivity contribution is 7.08. The van der Waals surface area contributed by atoms with Crippen molar-refractivity contribution < 1.29 is 13.2 Å². The number of allylic oxidation sites excluding steroid dienone is 4. The number of hydrogen-bond donors (Lipinski definition) is 0. The highest BCUT2D eigenvalue weighted by Crippen LogP contribution is 2.38. The third-order valence-electron chi connectivity index (χ3n) is 4.03. The zero-order chi connectivity index (χ0) is 17.4.